The molecule has 0 unspecified atom stereocenters. The quantitative estimate of drug-likeness (QED) is 0.724. The van der Waals surface area contributed by atoms with Crippen molar-refractivity contribution < 1.29 is 9.59 Å². The van der Waals surface area contributed by atoms with Crippen LogP contribution in [0.2, 0.25) is 0 Å². The van der Waals surface area contributed by atoms with Crippen LogP contribution in [0.1, 0.15) is 21.7 Å². The van der Waals surface area contributed by atoms with Gasteiger partial charge in [0.1, 0.15) is 0 Å². The third kappa shape index (κ3) is 4.20. The maximum atomic E-state index is 12.2. The Bertz CT molecular complexity index is 843. The first kappa shape index (κ1) is 16.2. The first-order chi connectivity index (χ1) is 11.7. The van der Waals surface area contributed by atoms with Crippen molar-refractivity contribution in [3.05, 3.63) is 70.4 Å². The fraction of sp³-hybridized carbons (Fsp3) is 0.158. The molecule has 0 atom stereocenters. The summed E-state index contributed by atoms with van der Waals surface area (Å²) in [5.41, 5.74) is 0.604. The van der Waals surface area contributed by atoms with Gasteiger partial charge in [0, 0.05) is 23.4 Å². The monoisotopic (exact) mass is 338 g/mol. The molecule has 0 saturated heterocycles. The number of carbonyl (C=O) groups is 2. The Hall–Kier alpha value is -2.66. The summed E-state index contributed by atoms with van der Waals surface area (Å²) in [6, 6.07) is 17.4. The maximum absolute atomic E-state index is 12.2. The van der Waals surface area contributed by atoms with E-state index in [1.807, 2.05) is 53.9 Å². The molecule has 2 amide bonds. The lowest BCUT2D eigenvalue weighted by Crippen LogP contribution is -2.30. The molecule has 1 heterocycles. The summed E-state index contributed by atoms with van der Waals surface area (Å²) in [5, 5.41) is 9.74. The Balaban J connectivity index is 1.46. The summed E-state index contributed by atoms with van der Waals surface area (Å²) < 4.78 is 0. The predicted octanol–water partition coefficient (Wildman–Crippen LogP) is 3.34. The van der Waals surface area contributed by atoms with Crippen LogP contribution in [0, 0.1) is 0 Å². The van der Waals surface area contributed by atoms with Crippen molar-refractivity contribution in [2.45, 2.75) is 13.0 Å². The SMILES string of the molecule is O=C(CCNC(=O)c1ccc2ccccc2c1)NCc1cccs1. The number of thiophene rings is 1. The minimum Gasteiger partial charge on any atom is -0.352 e. The first-order valence-electron chi connectivity index (χ1n) is 7.78. The van der Waals surface area contributed by atoms with Gasteiger partial charge in [-0.15, -0.1) is 11.3 Å². The fourth-order valence-corrected chi connectivity index (χ4v) is 3.05. The minimum absolute atomic E-state index is 0.0674. The van der Waals surface area contributed by atoms with Crippen LogP contribution in [0.5, 0.6) is 0 Å². The van der Waals surface area contributed by atoms with E-state index in [9.17, 15) is 9.59 Å². The van der Waals surface area contributed by atoms with E-state index in [1.165, 1.54) is 0 Å². The standard InChI is InChI=1S/C19H18N2O2S/c22-18(21-13-17-6-3-11-24-17)9-10-20-19(23)16-8-7-14-4-1-2-5-15(14)12-16/h1-8,11-12H,9-10,13H2,(H,20,23)(H,21,22). The number of amides is 2. The second-order valence-corrected chi connectivity index (χ2v) is 6.46. The van der Waals surface area contributed by atoms with Crippen LogP contribution in [0.3, 0.4) is 0 Å². The molecule has 0 aliphatic heterocycles. The lowest BCUT2D eigenvalue weighted by molar-refractivity contribution is -0.121. The molecule has 122 valence electrons. The molecule has 0 fully saturated rings. The third-order valence-electron chi connectivity index (χ3n) is 3.69. The van der Waals surface area contributed by atoms with Crippen LogP contribution in [0.25, 0.3) is 10.8 Å². The Labute approximate surface area is 144 Å². The molecule has 0 aliphatic carbocycles. The van der Waals surface area contributed by atoms with Crippen LogP contribution in [-0.2, 0) is 11.3 Å². The van der Waals surface area contributed by atoms with Crippen LogP contribution in [-0.4, -0.2) is 18.4 Å². The number of rotatable bonds is 6. The van der Waals surface area contributed by atoms with Gasteiger partial charge in [-0.3, -0.25) is 9.59 Å². The zero-order valence-electron chi connectivity index (χ0n) is 13.1. The molecule has 0 radical (unpaired) electrons. The molecule has 0 saturated carbocycles. The van der Waals surface area contributed by atoms with Gasteiger partial charge in [-0.05, 0) is 34.4 Å². The molecule has 0 spiro atoms. The van der Waals surface area contributed by atoms with Gasteiger partial charge in [0.25, 0.3) is 5.91 Å². The Morgan fingerprint density at radius 3 is 2.54 bits per heavy atom. The average molecular weight is 338 g/mol. The van der Waals surface area contributed by atoms with E-state index < -0.39 is 0 Å². The van der Waals surface area contributed by atoms with E-state index >= 15 is 0 Å². The third-order valence-corrected chi connectivity index (χ3v) is 4.57. The Kier molecular flexibility index (Phi) is 5.23. The van der Waals surface area contributed by atoms with Crippen LogP contribution in [0.4, 0.5) is 0 Å². The minimum atomic E-state index is -0.160. The molecule has 2 aromatic carbocycles. The van der Waals surface area contributed by atoms with Crippen molar-refractivity contribution in [3.8, 4) is 0 Å². The normalized spacial score (nSPS) is 10.5. The van der Waals surface area contributed by atoms with Gasteiger partial charge in [-0.1, -0.05) is 36.4 Å². The summed E-state index contributed by atoms with van der Waals surface area (Å²) in [6.45, 7) is 0.858. The molecule has 0 bridgehead atoms. The van der Waals surface area contributed by atoms with Gasteiger partial charge in [-0.25, -0.2) is 0 Å². The molecule has 5 heteroatoms. The van der Waals surface area contributed by atoms with Crippen molar-refractivity contribution >= 4 is 33.9 Å². The first-order valence-corrected chi connectivity index (χ1v) is 8.66. The summed E-state index contributed by atoms with van der Waals surface area (Å²) >= 11 is 1.61. The van der Waals surface area contributed by atoms with Crippen molar-refractivity contribution in [2.75, 3.05) is 6.54 Å². The summed E-state index contributed by atoms with van der Waals surface area (Å²) in [7, 11) is 0. The van der Waals surface area contributed by atoms with Gasteiger partial charge in [-0.2, -0.15) is 0 Å². The highest BCUT2D eigenvalue weighted by Gasteiger charge is 2.07. The molecular formula is C19H18N2O2S. The van der Waals surface area contributed by atoms with Gasteiger partial charge in [0.2, 0.25) is 5.91 Å². The Morgan fingerprint density at radius 2 is 1.75 bits per heavy atom. The second-order valence-electron chi connectivity index (χ2n) is 5.42. The van der Waals surface area contributed by atoms with E-state index in [0.717, 1.165) is 15.6 Å². The van der Waals surface area contributed by atoms with Crippen LogP contribution < -0.4 is 10.6 Å². The molecule has 3 rings (SSSR count). The molecule has 24 heavy (non-hydrogen) atoms. The van der Waals surface area contributed by atoms with E-state index in [-0.39, 0.29) is 18.2 Å². The highest BCUT2D eigenvalue weighted by molar-refractivity contribution is 7.09. The molecule has 1 aromatic heterocycles. The van der Waals surface area contributed by atoms with E-state index in [4.69, 9.17) is 0 Å². The van der Waals surface area contributed by atoms with Crippen molar-refractivity contribution in [1.82, 2.24) is 10.6 Å². The highest BCUT2D eigenvalue weighted by Crippen LogP contribution is 2.15. The van der Waals surface area contributed by atoms with Gasteiger partial charge >= 0.3 is 0 Å². The number of hydrogen-bond donors (Lipinski definition) is 2. The number of benzene rings is 2. The second kappa shape index (κ2) is 7.75. The van der Waals surface area contributed by atoms with Crippen molar-refractivity contribution in [2.24, 2.45) is 0 Å². The lowest BCUT2D eigenvalue weighted by Gasteiger charge is -2.07. The molecule has 3 aromatic rings. The Morgan fingerprint density at radius 1 is 0.917 bits per heavy atom. The largest absolute Gasteiger partial charge is 0.352 e. The molecular weight excluding hydrogens is 320 g/mol. The van der Waals surface area contributed by atoms with Gasteiger partial charge < -0.3 is 10.6 Å². The molecule has 0 aliphatic rings. The zero-order valence-corrected chi connectivity index (χ0v) is 13.9. The van der Waals surface area contributed by atoms with E-state index in [2.05, 4.69) is 10.6 Å². The van der Waals surface area contributed by atoms with Gasteiger partial charge in [0.15, 0.2) is 0 Å². The van der Waals surface area contributed by atoms with Crippen LogP contribution in [0.15, 0.2) is 60.0 Å². The van der Waals surface area contributed by atoms with E-state index in [1.54, 1.807) is 17.4 Å². The molecule has 2 N–H and O–H groups in total. The van der Waals surface area contributed by atoms with Crippen molar-refractivity contribution in [3.63, 3.8) is 0 Å². The average Bonchev–Trinajstić information content (AvgIpc) is 3.13. The number of nitrogens with one attached hydrogen (secondary N) is 2. The molecule has 4 nitrogen and oxygen atoms in total. The highest BCUT2D eigenvalue weighted by atomic mass is 32.1. The van der Waals surface area contributed by atoms with Crippen molar-refractivity contribution in [1.29, 1.82) is 0 Å². The summed E-state index contributed by atoms with van der Waals surface area (Å²) in [4.78, 5) is 25.1. The number of carbonyl (C=O) groups excluding carboxylic acids is 2. The van der Waals surface area contributed by atoms with Crippen LogP contribution >= 0.6 is 11.3 Å². The zero-order chi connectivity index (χ0) is 16.8. The topological polar surface area (TPSA) is 58.2 Å². The van der Waals surface area contributed by atoms with Gasteiger partial charge in [0.05, 0.1) is 6.54 Å². The fourth-order valence-electron chi connectivity index (χ4n) is 2.41. The lowest BCUT2D eigenvalue weighted by atomic mass is 10.1. The smallest absolute Gasteiger partial charge is 0.251 e. The number of fused-ring (bicyclic) bond motifs is 1. The number of hydrogen-bond acceptors (Lipinski definition) is 3. The predicted molar refractivity (Wildman–Crippen MR) is 97.1 cm³/mol. The van der Waals surface area contributed by atoms with E-state index in [0.29, 0.717) is 18.7 Å². The maximum Gasteiger partial charge on any atom is 0.251 e. The summed E-state index contributed by atoms with van der Waals surface area (Å²) in [5.74, 6) is -0.228. The summed E-state index contributed by atoms with van der Waals surface area (Å²) in [6.07, 6.45) is 0.269.